The maximum atomic E-state index is 13.7. The van der Waals surface area contributed by atoms with Crippen LogP contribution in [0.15, 0.2) is 36.4 Å². The molecule has 3 nitrogen and oxygen atoms in total. The molecule has 1 heterocycles. The number of pyridine rings is 1. The molecule has 17 heavy (non-hydrogen) atoms. The molecule has 5 heteroatoms. The Labute approximate surface area is 101 Å². The topological polar surface area (TPSA) is 50.2 Å². The van der Waals surface area contributed by atoms with E-state index in [0.29, 0.717) is 5.56 Å². The van der Waals surface area contributed by atoms with E-state index in [4.69, 9.17) is 16.7 Å². The van der Waals surface area contributed by atoms with Gasteiger partial charge in [-0.05, 0) is 6.07 Å². The normalized spacial score (nSPS) is 10.2. The van der Waals surface area contributed by atoms with Crippen LogP contribution in [0.2, 0.25) is 5.02 Å². The molecule has 2 aromatic rings. The summed E-state index contributed by atoms with van der Waals surface area (Å²) < 4.78 is 13.7. The van der Waals surface area contributed by atoms with Gasteiger partial charge in [0.15, 0.2) is 11.5 Å². The summed E-state index contributed by atoms with van der Waals surface area (Å²) in [5.74, 6) is -1.97. The number of aromatic nitrogens is 1. The Morgan fingerprint density at radius 1 is 1.29 bits per heavy atom. The number of rotatable bonds is 2. The fraction of sp³-hybridized carbons (Fsp3) is 0. The SMILES string of the molecule is O=C(O)c1cc(Cl)c(F)c(-c2ccccc2)n1. The van der Waals surface area contributed by atoms with Crippen LogP contribution in [0, 0.1) is 5.82 Å². The monoisotopic (exact) mass is 251 g/mol. The van der Waals surface area contributed by atoms with E-state index in [1.807, 2.05) is 0 Å². The average molecular weight is 252 g/mol. The van der Waals surface area contributed by atoms with Crippen LogP contribution in [0.3, 0.4) is 0 Å². The van der Waals surface area contributed by atoms with Crippen molar-refractivity contribution in [2.45, 2.75) is 0 Å². The van der Waals surface area contributed by atoms with Gasteiger partial charge in [0.25, 0.3) is 0 Å². The third-order valence-electron chi connectivity index (χ3n) is 2.18. The number of halogens is 2. The quantitative estimate of drug-likeness (QED) is 0.891. The summed E-state index contributed by atoms with van der Waals surface area (Å²) in [6, 6.07) is 9.44. The zero-order valence-corrected chi connectivity index (χ0v) is 9.28. The largest absolute Gasteiger partial charge is 0.477 e. The van der Waals surface area contributed by atoms with Crippen molar-refractivity contribution in [3.05, 3.63) is 52.9 Å². The van der Waals surface area contributed by atoms with Gasteiger partial charge in [-0.25, -0.2) is 14.2 Å². The summed E-state index contributed by atoms with van der Waals surface area (Å²) in [4.78, 5) is 14.5. The number of benzene rings is 1. The summed E-state index contributed by atoms with van der Waals surface area (Å²) >= 11 is 5.63. The smallest absolute Gasteiger partial charge is 0.354 e. The van der Waals surface area contributed by atoms with Crippen LogP contribution in [0.4, 0.5) is 4.39 Å². The number of hydrogen-bond donors (Lipinski definition) is 1. The van der Waals surface area contributed by atoms with Crippen molar-refractivity contribution >= 4 is 17.6 Å². The zero-order chi connectivity index (χ0) is 12.4. The molecule has 86 valence electrons. The molecule has 1 N–H and O–H groups in total. The number of carbonyl (C=O) groups is 1. The minimum Gasteiger partial charge on any atom is -0.477 e. The summed E-state index contributed by atoms with van der Waals surface area (Å²) in [6.45, 7) is 0. The fourth-order valence-electron chi connectivity index (χ4n) is 1.40. The van der Waals surface area contributed by atoms with Gasteiger partial charge in [0.1, 0.15) is 5.69 Å². The van der Waals surface area contributed by atoms with Gasteiger partial charge in [0.2, 0.25) is 0 Å². The number of nitrogens with zero attached hydrogens (tertiary/aromatic N) is 1. The maximum absolute atomic E-state index is 13.7. The summed E-state index contributed by atoms with van der Waals surface area (Å²) in [7, 11) is 0. The molecule has 0 spiro atoms. The second kappa shape index (κ2) is 4.51. The summed E-state index contributed by atoms with van der Waals surface area (Å²) in [5.41, 5.74) is 0.140. The van der Waals surface area contributed by atoms with Crippen LogP contribution in [0.1, 0.15) is 10.5 Å². The van der Waals surface area contributed by atoms with Crippen molar-refractivity contribution in [3.63, 3.8) is 0 Å². The highest BCUT2D eigenvalue weighted by atomic mass is 35.5. The Kier molecular flexibility index (Phi) is 3.06. The molecule has 0 aliphatic heterocycles. The van der Waals surface area contributed by atoms with Crippen molar-refractivity contribution in [2.75, 3.05) is 0 Å². The fourth-order valence-corrected chi connectivity index (χ4v) is 1.59. The van der Waals surface area contributed by atoms with Crippen LogP contribution < -0.4 is 0 Å². The molecule has 0 unspecified atom stereocenters. The molecular weight excluding hydrogens is 245 g/mol. The van der Waals surface area contributed by atoms with E-state index in [9.17, 15) is 9.18 Å². The molecule has 0 aliphatic carbocycles. The first-order chi connectivity index (χ1) is 8.09. The predicted octanol–water partition coefficient (Wildman–Crippen LogP) is 3.24. The molecule has 1 aromatic heterocycles. The first-order valence-corrected chi connectivity index (χ1v) is 5.12. The Balaban J connectivity index is 2.65. The maximum Gasteiger partial charge on any atom is 0.354 e. The van der Waals surface area contributed by atoms with Crippen LogP contribution in [-0.4, -0.2) is 16.1 Å². The summed E-state index contributed by atoms with van der Waals surface area (Å²) in [6.07, 6.45) is 0. The average Bonchev–Trinajstić information content (AvgIpc) is 2.33. The van der Waals surface area contributed by atoms with Crippen molar-refractivity contribution in [1.29, 1.82) is 0 Å². The lowest BCUT2D eigenvalue weighted by molar-refractivity contribution is 0.0690. The number of carboxylic acid groups (broad SMARTS) is 1. The van der Waals surface area contributed by atoms with E-state index >= 15 is 0 Å². The molecule has 0 radical (unpaired) electrons. The lowest BCUT2D eigenvalue weighted by Crippen LogP contribution is -2.03. The Bertz CT molecular complexity index is 572. The Hall–Kier alpha value is -1.94. The highest BCUT2D eigenvalue weighted by molar-refractivity contribution is 6.31. The zero-order valence-electron chi connectivity index (χ0n) is 8.52. The third-order valence-corrected chi connectivity index (χ3v) is 2.45. The van der Waals surface area contributed by atoms with Gasteiger partial charge in [0, 0.05) is 5.56 Å². The van der Waals surface area contributed by atoms with Crippen molar-refractivity contribution in [1.82, 2.24) is 4.98 Å². The van der Waals surface area contributed by atoms with E-state index in [0.717, 1.165) is 6.07 Å². The minimum absolute atomic E-state index is 0.0597. The summed E-state index contributed by atoms with van der Waals surface area (Å²) in [5, 5.41) is 8.57. The first kappa shape index (κ1) is 11.5. The molecule has 0 fully saturated rings. The van der Waals surface area contributed by atoms with Crippen molar-refractivity contribution in [3.8, 4) is 11.3 Å². The van der Waals surface area contributed by atoms with Gasteiger partial charge in [-0.15, -0.1) is 0 Å². The lowest BCUT2D eigenvalue weighted by Gasteiger charge is -2.05. The standard InChI is InChI=1S/C12H7ClFNO2/c13-8-6-9(12(16)17)15-11(10(8)14)7-4-2-1-3-5-7/h1-6H,(H,16,17). The minimum atomic E-state index is -1.25. The molecule has 0 saturated carbocycles. The number of carboxylic acids is 1. The molecule has 0 aliphatic rings. The molecule has 0 amide bonds. The van der Waals surface area contributed by atoms with E-state index in [2.05, 4.69) is 4.98 Å². The molecule has 0 atom stereocenters. The van der Waals surface area contributed by atoms with E-state index < -0.39 is 11.8 Å². The van der Waals surface area contributed by atoms with Gasteiger partial charge in [-0.3, -0.25) is 0 Å². The molecule has 2 rings (SSSR count). The van der Waals surface area contributed by atoms with Crippen LogP contribution in [0.25, 0.3) is 11.3 Å². The van der Waals surface area contributed by atoms with Gasteiger partial charge < -0.3 is 5.11 Å². The Morgan fingerprint density at radius 2 is 1.94 bits per heavy atom. The molecule has 1 aromatic carbocycles. The first-order valence-electron chi connectivity index (χ1n) is 4.74. The highest BCUT2D eigenvalue weighted by Crippen LogP contribution is 2.26. The van der Waals surface area contributed by atoms with E-state index in [1.165, 1.54) is 0 Å². The van der Waals surface area contributed by atoms with Crippen LogP contribution in [0.5, 0.6) is 0 Å². The number of hydrogen-bond acceptors (Lipinski definition) is 2. The Morgan fingerprint density at radius 3 is 2.53 bits per heavy atom. The van der Waals surface area contributed by atoms with E-state index in [-0.39, 0.29) is 16.4 Å². The van der Waals surface area contributed by atoms with Crippen LogP contribution in [-0.2, 0) is 0 Å². The molecule has 0 saturated heterocycles. The lowest BCUT2D eigenvalue weighted by atomic mass is 10.1. The third kappa shape index (κ3) is 2.26. The highest BCUT2D eigenvalue weighted by Gasteiger charge is 2.16. The molecule has 0 bridgehead atoms. The number of aromatic carboxylic acids is 1. The second-order valence-electron chi connectivity index (χ2n) is 3.32. The van der Waals surface area contributed by atoms with Gasteiger partial charge in [0.05, 0.1) is 5.02 Å². The van der Waals surface area contributed by atoms with E-state index in [1.54, 1.807) is 30.3 Å². The van der Waals surface area contributed by atoms with Crippen molar-refractivity contribution in [2.24, 2.45) is 0 Å². The predicted molar refractivity (Wildman–Crippen MR) is 61.6 cm³/mol. The molecular formula is C12H7ClFNO2. The van der Waals surface area contributed by atoms with Gasteiger partial charge in [-0.2, -0.15) is 0 Å². The van der Waals surface area contributed by atoms with Gasteiger partial charge >= 0.3 is 5.97 Å². The van der Waals surface area contributed by atoms with Gasteiger partial charge in [-0.1, -0.05) is 41.9 Å². The van der Waals surface area contributed by atoms with Crippen molar-refractivity contribution < 1.29 is 14.3 Å². The van der Waals surface area contributed by atoms with Crippen LogP contribution >= 0.6 is 11.6 Å². The second-order valence-corrected chi connectivity index (χ2v) is 3.73.